The maximum atomic E-state index is 3.78. The Balaban J connectivity index is 2.22. The third-order valence-corrected chi connectivity index (χ3v) is 4.72. The Kier molecular flexibility index (Phi) is 7.02. The van der Waals surface area contributed by atoms with Crippen LogP contribution in [0, 0.1) is 0 Å². The van der Waals surface area contributed by atoms with Crippen LogP contribution in [0.1, 0.15) is 70.3 Å². The van der Waals surface area contributed by atoms with Crippen LogP contribution < -0.4 is 5.32 Å². The lowest BCUT2D eigenvalue weighted by molar-refractivity contribution is 0.456. The molecular weight excluding hydrogens is 254 g/mol. The second kappa shape index (κ2) is 9.04. The lowest BCUT2D eigenvalue weighted by Crippen LogP contribution is -2.36. The first-order chi connectivity index (χ1) is 10.4. The van der Waals surface area contributed by atoms with Gasteiger partial charge in [0.2, 0.25) is 0 Å². The minimum Gasteiger partial charge on any atom is -0.310 e. The Morgan fingerprint density at radius 1 is 1.00 bits per heavy atom. The molecule has 0 spiro atoms. The second-order valence-corrected chi connectivity index (χ2v) is 6.19. The number of likely N-dealkylation sites (N-methyl/N-ethyl adjacent to an activating group) is 1. The highest BCUT2D eigenvalue weighted by Crippen LogP contribution is 2.31. The highest BCUT2D eigenvalue weighted by atomic mass is 14.9. The summed E-state index contributed by atoms with van der Waals surface area (Å²) in [7, 11) is 0. The summed E-state index contributed by atoms with van der Waals surface area (Å²) in [5.41, 5.74) is 3.14. The third kappa shape index (κ3) is 4.71. The Bertz CT molecular complexity index is 421. The summed E-state index contributed by atoms with van der Waals surface area (Å²) in [5, 5.41) is 3.78. The Morgan fingerprint density at radius 3 is 2.48 bits per heavy atom. The predicted molar refractivity (Wildman–Crippen MR) is 92.7 cm³/mol. The molecule has 0 saturated carbocycles. The van der Waals surface area contributed by atoms with Crippen LogP contribution in [0.3, 0.4) is 0 Å². The van der Waals surface area contributed by atoms with Gasteiger partial charge in [0.25, 0.3) is 0 Å². The van der Waals surface area contributed by atoms with Gasteiger partial charge in [0.05, 0.1) is 0 Å². The van der Waals surface area contributed by atoms with Crippen molar-refractivity contribution < 1.29 is 0 Å². The minimum atomic E-state index is 0.514. The molecule has 1 heteroatoms. The van der Waals surface area contributed by atoms with Crippen LogP contribution in [0.25, 0.3) is 0 Å². The molecule has 1 N–H and O–H groups in total. The molecule has 2 rings (SSSR count). The zero-order chi connectivity index (χ0) is 14.9. The summed E-state index contributed by atoms with van der Waals surface area (Å²) < 4.78 is 0. The van der Waals surface area contributed by atoms with E-state index in [1.165, 1.54) is 50.5 Å². The number of nitrogens with one attached hydrogen (secondary N) is 1. The van der Waals surface area contributed by atoms with E-state index in [2.05, 4.69) is 55.6 Å². The predicted octanol–water partition coefficient (Wildman–Crippen LogP) is 5.44. The van der Waals surface area contributed by atoms with Crippen molar-refractivity contribution in [3.63, 3.8) is 0 Å². The summed E-state index contributed by atoms with van der Waals surface area (Å²) >= 11 is 0. The lowest BCUT2D eigenvalue weighted by Gasteiger charge is -2.31. The zero-order valence-corrected chi connectivity index (χ0v) is 13.8. The highest BCUT2D eigenvalue weighted by molar-refractivity contribution is 5.27. The molecule has 116 valence electrons. The largest absolute Gasteiger partial charge is 0.310 e. The maximum absolute atomic E-state index is 3.78. The molecule has 1 aromatic carbocycles. The number of rotatable bonds is 6. The highest BCUT2D eigenvalue weighted by Gasteiger charge is 2.24. The van der Waals surface area contributed by atoms with E-state index in [4.69, 9.17) is 0 Å². The molecule has 21 heavy (non-hydrogen) atoms. The zero-order valence-electron chi connectivity index (χ0n) is 13.8. The summed E-state index contributed by atoms with van der Waals surface area (Å²) in [4.78, 5) is 0. The molecule has 0 bridgehead atoms. The van der Waals surface area contributed by atoms with Crippen molar-refractivity contribution in [2.45, 2.75) is 70.8 Å². The molecular formula is C20H31N. The van der Waals surface area contributed by atoms with Crippen LogP contribution in [0.5, 0.6) is 0 Å². The van der Waals surface area contributed by atoms with Crippen molar-refractivity contribution in [2.75, 3.05) is 6.54 Å². The summed E-state index contributed by atoms with van der Waals surface area (Å²) in [6, 6.07) is 11.6. The molecule has 0 heterocycles. The van der Waals surface area contributed by atoms with Gasteiger partial charge in [0, 0.05) is 12.0 Å². The van der Waals surface area contributed by atoms with Crippen LogP contribution in [0.15, 0.2) is 42.0 Å². The Labute approximate surface area is 130 Å². The van der Waals surface area contributed by atoms with Crippen LogP contribution in [-0.4, -0.2) is 12.6 Å². The van der Waals surface area contributed by atoms with Gasteiger partial charge in [0.15, 0.2) is 0 Å². The van der Waals surface area contributed by atoms with Crippen molar-refractivity contribution in [3.05, 3.63) is 47.5 Å². The summed E-state index contributed by atoms with van der Waals surface area (Å²) in [5.74, 6) is 0.594. The van der Waals surface area contributed by atoms with Crippen LogP contribution >= 0.6 is 0 Å². The number of allylic oxidation sites excluding steroid dienone is 1. The lowest BCUT2D eigenvalue weighted by atomic mass is 9.82. The second-order valence-electron chi connectivity index (χ2n) is 6.19. The monoisotopic (exact) mass is 285 g/mol. The van der Waals surface area contributed by atoms with Crippen molar-refractivity contribution in [3.8, 4) is 0 Å². The van der Waals surface area contributed by atoms with E-state index in [9.17, 15) is 0 Å². The van der Waals surface area contributed by atoms with Gasteiger partial charge < -0.3 is 5.32 Å². The molecule has 0 aromatic heterocycles. The summed E-state index contributed by atoms with van der Waals surface area (Å²) in [6.45, 7) is 5.60. The molecule has 1 aliphatic carbocycles. The average Bonchev–Trinajstić information content (AvgIpc) is 2.48. The summed E-state index contributed by atoms with van der Waals surface area (Å²) in [6.07, 6.45) is 11.8. The van der Waals surface area contributed by atoms with Gasteiger partial charge in [-0.2, -0.15) is 0 Å². The topological polar surface area (TPSA) is 12.0 Å². The maximum Gasteiger partial charge on any atom is 0.0348 e. The first-order valence-electron chi connectivity index (χ1n) is 8.84. The van der Waals surface area contributed by atoms with Gasteiger partial charge in [0.1, 0.15) is 0 Å². The van der Waals surface area contributed by atoms with E-state index >= 15 is 0 Å². The van der Waals surface area contributed by atoms with Crippen molar-refractivity contribution in [2.24, 2.45) is 0 Å². The minimum absolute atomic E-state index is 0.514. The average molecular weight is 285 g/mol. The normalized spacial score (nSPS) is 21.7. The first-order valence-corrected chi connectivity index (χ1v) is 8.84. The van der Waals surface area contributed by atoms with E-state index < -0.39 is 0 Å². The van der Waals surface area contributed by atoms with E-state index in [1.54, 1.807) is 5.57 Å². The molecule has 1 nitrogen and oxygen atoms in total. The standard InChI is InChI=1S/C20H31N/c1-3-19(17-13-11-8-12-14-17)20(21-4-2)18-15-9-6-5-7-10-16-18/h8,11-15,19-21H,3-7,9-10,16H2,1-2H3/b18-15+. The molecule has 0 amide bonds. The number of hydrogen-bond donors (Lipinski definition) is 1. The molecule has 2 unspecified atom stereocenters. The molecule has 0 aliphatic heterocycles. The van der Waals surface area contributed by atoms with Gasteiger partial charge in [-0.25, -0.2) is 0 Å². The smallest absolute Gasteiger partial charge is 0.0348 e. The Hall–Kier alpha value is -1.08. The van der Waals surface area contributed by atoms with E-state index in [0.717, 1.165) is 6.54 Å². The van der Waals surface area contributed by atoms with Crippen molar-refractivity contribution in [1.82, 2.24) is 5.32 Å². The van der Waals surface area contributed by atoms with Crippen LogP contribution in [0.2, 0.25) is 0 Å². The fourth-order valence-corrected chi connectivity index (χ4v) is 3.61. The molecule has 1 aromatic rings. The quantitative estimate of drug-likeness (QED) is 0.686. The first kappa shape index (κ1) is 16.3. The van der Waals surface area contributed by atoms with Gasteiger partial charge in [-0.1, -0.05) is 68.7 Å². The van der Waals surface area contributed by atoms with Gasteiger partial charge in [-0.15, -0.1) is 0 Å². The van der Waals surface area contributed by atoms with Crippen LogP contribution in [0.4, 0.5) is 0 Å². The van der Waals surface area contributed by atoms with Crippen LogP contribution in [-0.2, 0) is 0 Å². The van der Waals surface area contributed by atoms with Gasteiger partial charge in [-0.3, -0.25) is 0 Å². The van der Waals surface area contributed by atoms with E-state index in [1.807, 2.05) is 0 Å². The Morgan fingerprint density at radius 2 is 1.76 bits per heavy atom. The van der Waals surface area contributed by atoms with E-state index in [0.29, 0.717) is 12.0 Å². The van der Waals surface area contributed by atoms with Gasteiger partial charge >= 0.3 is 0 Å². The molecule has 0 saturated heterocycles. The molecule has 1 aliphatic rings. The molecule has 0 fully saturated rings. The SMILES string of the molecule is CCNC(/C1=C/CCCCCC1)C(CC)c1ccccc1. The van der Waals surface area contributed by atoms with E-state index in [-0.39, 0.29) is 0 Å². The van der Waals surface area contributed by atoms with Gasteiger partial charge in [-0.05, 0) is 44.2 Å². The fourth-order valence-electron chi connectivity index (χ4n) is 3.61. The number of hydrogen-bond acceptors (Lipinski definition) is 1. The molecule has 2 atom stereocenters. The molecule has 0 radical (unpaired) electrons. The third-order valence-electron chi connectivity index (χ3n) is 4.72. The fraction of sp³-hybridized carbons (Fsp3) is 0.600. The van der Waals surface area contributed by atoms with Crippen molar-refractivity contribution >= 4 is 0 Å². The van der Waals surface area contributed by atoms with Crippen molar-refractivity contribution in [1.29, 1.82) is 0 Å². The number of benzene rings is 1.